The summed E-state index contributed by atoms with van der Waals surface area (Å²) in [6, 6.07) is 15.1. The predicted molar refractivity (Wildman–Crippen MR) is 75.8 cm³/mol. The number of rotatable bonds is 3. The summed E-state index contributed by atoms with van der Waals surface area (Å²) in [6.07, 6.45) is 0.840. The number of carbonyl (C=O) groups excluding carboxylic acids is 1. The highest BCUT2D eigenvalue weighted by atomic mass is 16.1. The Hall–Kier alpha value is -2.60. The maximum absolute atomic E-state index is 10.7. The first-order chi connectivity index (χ1) is 9.15. The van der Waals surface area contributed by atoms with E-state index in [4.69, 9.17) is 5.26 Å². The lowest BCUT2D eigenvalue weighted by atomic mass is 10.1. The summed E-state index contributed by atoms with van der Waals surface area (Å²) in [5.74, 6) is 0. The Morgan fingerprint density at radius 3 is 2.63 bits per heavy atom. The molecule has 2 aromatic carbocycles. The van der Waals surface area contributed by atoms with Crippen molar-refractivity contribution in [3.05, 3.63) is 59.2 Å². The fourth-order valence-electron chi connectivity index (χ4n) is 2.05. The van der Waals surface area contributed by atoms with E-state index in [1.54, 1.807) is 12.1 Å². The fourth-order valence-corrected chi connectivity index (χ4v) is 2.05. The topological polar surface area (TPSA) is 44.1 Å². The number of benzene rings is 2. The SMILES string of the molecule is Cc1cc(C=O)ccc1N(C)c1cccc(C#N)c1. The van der Waals surface area contributed by atoms with Gasteiger partial charge in [-0.25, -0.2) is 0 Å². The van der Waals surface area contributed by atoms with Gasteiger partial charge in [-0.05, 0) is 48.9 Å². The molecule has 0 aliphatic rings. The predicted octanol–water partition coefficient (Wildman–Crippen LogP) is 3.45. The summed E-state index contributed by atoms with van der Waals surface area (Å²) in [5.41, 5.74) is 4.28. The second-order valence-corrected chi connectivity index (χ2v) is 4.38. The number of hydrogen-bond donors (Lipinski definition) is 0. The minimum atomic E-state index is 0.631. The van der Waals surface area contributed by atoms with Crippen LogP contribution in [0.5, 0.6) is 0 Å². The number of aldehydes is 1. The minimum Gasteiger partial charge on any atom is -0.344 e. The number of nitrogens with zero attached hydrogens (tertiary/aromatic N) is 2. The van der Waals surface area contributed by atoms with Crippen LogP contribution in [0.25, 0.3) is 0 Å². The van der Waals surface area contributed by atoms with Gasteiger partial charge in [-0.2, -0.15) is 5.26 Å². The van der Waals surface area contributed by atoms with Gasteiger partial charge in [0.25, 0.3) is 0 Å². The third kappa shape index (κ3) is 2.63. The van der Waals surface area contributed by atoms with Crippen molar-refractivity contribution < 1.29 is 4.79 Å². The summed E-state index contributed by atoms with van der Waals surface area (Å²) >= 11 is 0. The molecule has 2 rings (SSSR count). The molecule has 94 valence electrons. The van der Waals surface area contributed by atoms with Crippen LogP contribution in [0.15, 0.2) is 42.5 Å². The van der Waals surface area contributed by atoms with E-state index < -0.39 is 0 Å². The fraction of sp³-hybridized carbons (Fsp3) is 0.125. The van der Waals surface area contributed by atoms with Gasteiger partial charge in [-0.3, -0.25) is 4.79 Å². The van der Waals surface area contributed by atoms with Gasteiger partial charge in [0.05, 0.1) is 11.6 Å². The average Bonchev–Trinajstić information content (AvgIpc) is 2.46. The molecule has 0 radical (unpaired) electrons. The van der Waals surface area contributed by atoms with Gasteiger partial charge < -0.3 is 4.90 Å². The van der Waals surface area contributed by atoms with Gasteiger partial charge in [-0.1, -0.05) is 6.07 Å². The van der Waals surface area contributed by atoms with E-state index in [9.17, 15) is 4.79 Å². The van der Waals surface area contributed by atoms with Crippen molar-refractivity contribution in [1.82, 2.24) is 0 Å². The molecule has 0 aliphatic carbocycles. The van der Waals surface area contributed by atoms with Gasteiger partial charge in [0.1, 0.15) is 6.29 Å². The molecule has 0 saturated carbocycles. The molecule has 0 heterocycles. The van der Waals surface area contributed by atoms with E-state index in [1.165, 1.54) is 0 Å². The number of aryl methyl sites for hydroxylation is 1. The Labute approximate surface area is 112 Å². The molecule has 2 aromatic rings. The maximum atomic E-state index is 10.7. The Morgan fingerprint density at radius 2 is 2.00 bits per heavy atom. The van der Waals surface area contributed by atoms with E-state index >= 15 is 0 Å². The lowest BCUT2D eigenvalue weighted by molar-refractivity contribution is 0.112. The molecule has 0 aromatic heterocycles. The van der Waals surface area contributed by atoms with Crippen molar-refractivity contribution in [2.75, 3.05) is 11.9 Å². The maximum Gasteiger partial charge on any atom is 0.150 e. The van der Waals surface area contributed by atoms with E-state index in [0.717, 1.165) is 23.2 Å². The third-order valence-electron chi connectivity index (χ3n) is 3.08. The highest BCUT2D eigenvalue weighted by Crippen LogP contribution is 2.27. The second-order valence-electron chi connectivity index (χ2n) is 4.38. The molecule has 0 aliphatic heterocycles. The molecule has 0 saturated heterocycles. The monoisotopic (exact) mass is 250 g/mol. The molecule has 3 nitrogen and oxygen atoms in total. The van der Waals surface area contributed by atoms with Crippen molar-refractivity contribution in [2.24, 2.45) is 0 Å². The summed E-state index contributed by atoms with van der Waals surface area (Å²) in [5, 5.41) is 8.93. The molecule has 19 heavy (non-hydrogen) atoms. The first-order valence-corrected chi connectivity index (χ1v) is 5.95. The van der Waals surface area contributed by atoms with Gasteiger partial charge in [-0.15, -0.1) is 0 Å². The van der Waals surface area contributed by atoms with Gasteiger partial charge in [0.15, 0.2) is 0 Å². The highest BCUT2D eigenvalue weighted by Gasteiger charge is 2.08. The van der Waals surface area contributed by atoms with Crippen LogP contribution < -0.4 is 4.90 Å². The standard InChI is InChI=1S/C16H14N2O/c1-12-8-14(11-19)6-7-16(12)18(2)15-5-3-4-13(9-15)10-17/h3-9,11H,1-2H3. The molecule has 0 atom stereocenters. The molecule has 0 unspecified atom stereocenters. The van der Waals surface area contributed by atoms with Crippen molar-refractivity contribution in [1.29, 1.82) is 5.26 Å². The van der Waals surface area contributed by atoms with Crippen molar-refractivity contribution in [2.45, 2.75) is 6.92 Å². The summed E-state index contributed by atoms with van der Waals surface area (Å²) in [7, 11) is 1.94. The second kappa shape index (κ2) is 5.36. The molecule has 0 bridgehead atoms. The molecule has 0 fully saturated rings. The van der Waals surface area contributed by atoms with Crippen molar-refractivity contribution in [3.63, 3.8) is 0 Å². The van der Waals surface area contributed by atoms with Crippen LogP contribution in [0.2, 0.25) is 0 Å². The summed E-state index contributed by atoms with van der Waals surface area (Å²) < 4.78 is 0. The van der Waals surface area contributed by atoms with Crippen LogP contribution in [-0.4, -0.2) is 13.3 Å². The lowest BCUT2D eigenvalue weighted by Gasteiger charge is -2.22. The molecule has 0 amide bonds. The zero-order chi connectivity index (χ0) is 13.8. The van der Waals surface area contributed by atoms with Crippen LogP contribution in [0.1, 0.15) is 21.5 Å². The van der Waals surface area contributed by atoms with Crippen LogP contribution in [0, 0.1) is 18.3 Å². The number of carbonyl (C=O) groups is 1. The molecular weight excluding hydrogens is 236 g/mol. The first kappa shape index (κ1) is 12.8. The molecule has 0 N–H and O–H groups in total. The van der Waals surface area contributed by atoms with E-state index in [1.807, 2.05) is 49.2 Å². The van der Waals surface area contributed by atoms with Crippen LogP contribution in [0.3, 0.4) is 0 Å². The highest BCUT2D eigenvalue weighted by molar-refractivity contribution is 5.78. The third-order valence-corrected chi connectivity index (χ3v) is 3.08. The van der Waals surface area contributed by atoms with Gasteiger partial charge in [0, 0.05) is 24.0 Å². The zero-order valence-corrected chi connectivity index (χ0v) is 10.9. The zero-order valence-electron chi connectivity index (χ0n) is 10.9. The van der Waals surface area contributed by atoms with Crippen LogP contribution in [0.4, 0.5) is 11.4 Å². The summed E-state index contributed by atoms with van der Waals surface area (Å²) in [6.45, 7) is 1.97. The normalized spacial score (nSPS) is 9.74. The van der Waals surface area contributed by atoms with Gasteiger partial charge in [0.2, 0.25) is 0 Å². The molecule has 0 spiro atoms. The number of anilines is 2. The first-order valence-electron chi connectivity index (χ1n) is 5.95. The number of nitriles is 1. The largest absolute Gasteiger partial charge is 0.344 e. The molecular formula is C16H14N2O. The van der Waals surface area contributed by atoms with E-state index in [2.05, 4.69) is 6.07 Å². The van der Waals surface area contributed by atoms with Crippen LogP contribution >= 0.6 is 0 Å². The minimum absolute atomic E-state index is 0.631. The number of hydrogen-bond acceptors (Lipinski definition) is 3. The van der Waals surface area contributed by atoms with Crippen molar-refractivity contribution in [3.8, 4) is 6.07 Å². The smallest absolute Gasteiger partial charge is 0.150 e. The Morgan fingerprint density at radius 1 is 1.21 bits per heavy atom. The lowest BCUT2D eigenvalue weighted by Crippen LogP contribution is -2.11. The average molecular weight is 250 g/mol. The Balaban J connectivity index is 2.41. The quantitative estimate of drug-likeness (QED) is 0.784. The van der Waals surface area contributed by atoms with Crippen molar-refractivity contribution >= 4 is 17.7 Å². The van der Waals surface area contributed by atoms with Crippen LogP contribution in [-0.2, 0) is 0 Å². The Bertz CT molecular complexity index is 656. The summed E-state index contributed by atoms with van der Waals surface area (Å²) in [4.78, 5) is 12.7. The molecule has 3 heteroatoms. The Kier molecular flexibility index (Phi) is 3.63. The van der Waals surface area contributed by atoms with E-state index in [0.29, 0.717) is 11.1 Å². The van der Waals surface area contributed by atoms with Gasteiger partial charge >= 0.3 is 0 Å². The van der Waals surface area contributed by atoms with E-state index in [-0.39, 0.29) is 0 Å².